The third-order valence-electron chi connectivity index (χ3n) is 7.22. The number of carbonyl (C=O) groups excluding carboxylic acids is 3. The molecule has 4 saturated carbocycles. The molecule has 0 aromatic heterocycles. The third kappa shape index (κ3) is 5.70. The molecule has 1 aromatic carbocycles. The van der Waals surface area contributed by atoms with Crippen molar-refractivity contribution in [3.05, 3.63) is 29.8 Å². The molecule has 4 aliphatic carbocycles. The van der Waals surface area contributed by atoms with Crippen molar-refractivity contribution in [2.75, 3.05) is 26.0 Å². The molecule has 1 N–H and O–H groups in total. The summed E-state index contributed by atoms with van der Waals surface area (Å²) in [6, 6.07) is 8.96. The van der Waals surface area contributed by atoms with Gasteiger partial charge in [0.15, 0.2) is 6.61 Å². The zero-order chi connectivity index (χ0) is 23.4. The molecule has 33 heavy (non-hydrogen) atoms. The molecule has 0 heterocycles. The van der Waals surface area contributed by atoms with Gasteiger partial charge in [-0.05, 0) is 68.4 Å². The van der Waals surface area contributed by atoms with Crippen LogP contribution in [0.3, 0.4) is 0 Å². The van der Waals surface area contributed by atoms with Crippen LogP contribution in [0.4, 0.5) is 0 Å². The summed E-state index contributed by atoms with van der Waals surface area (Å²) in [7, 11) is 1.57. The Bertz CT molecular complexity index is 922. The van der Waals surface area contributed by atoms with Crippen molar-refractivity contribution in [3.8, 4) is 6.07 Å². The second-order valence-corrected chi connectivity index (χ2v) is 10.8. The number of carbonyl (C=O) groups is 3. The highest BCUT2D eigenvalue weighted by atomic mass is 32.2. The number of nitrogens with one attached hydrogen (secondary N) is 1. The average molecular weight is 470 g/mol. The van der Waals surface area contributed by atoms with E-state index in [1.54, 1.807) is 25.2 Å². The van der Waals surface area contributed by atoms with Gasteiger partial charge in [-0.1, -0.05) is 12.1 Å². The average Bonchev–Trinajstić information content (AvgIpc) is 2.78. The fraction of sp³-hybridized carbons (Fsp3) is 0.600. The topological polar surface area (TPSA) is 99.5 Å². The SMILES string of the molecule is CN(CCC#N)C(=O)COC(=O)c1ccccc1SCC(=O)NC12CC3CC(CC(C3)C1)C2. The van der Waals surface area contributed by atoms with Gasteiger partial charge in [-0.3, -0.25) is 9.59 Å². The number of hydrogen-bond donors (Lipinski definition) is 1. The highest BCUT2D eigenvalue weighted by molar-refractivity contribution is 8.00. The lowest BCUT2D eigenvalue weighted by atomic mass is 9.53. The van der Waals surface area contributed by atoms with E-state index >= 15 is 0 Å². The molecule has 7 nitrogen and oxygen atoms in total. The molecular weight excluding hydrogens is 438 g/mol. The zero-order valence-corrected chi connectivity index (χ0v) is 19.9. The lowest BCUT2D eigenvalue weighted by molar-refractivity contribution is -0.133. The molecule has 0 spiro atoms. The first-order valence-corrected chi connectivity index (χ1v) is 12.7. The molecule has 0 atom stereocenters. The van der Waals surface area contributed by atoms with Crippen LogP contribution in [0.25, 0.3) is 0 Å². The van der Waals surface area contributed by atoms with E-state index in [1.807, 2.05) is 12.1 Å². The summed E-state index contributed by atoms with van der Waals surface area (Å²) in [6.45, 7) is -0.0928. The quantitative estimate of drug-likeness (QED) is 0.440. The van der Waals surface area contributed by atoms with Crippen LogP contribution < -0.4 is 5.32 Å². The number of rotatable bonds is 9. The van der Waals surface area contributed by atoms with Gasteiger partial charge >= 0.3 is 5.97 Å². The molecule has 0 radical (unpaired) electrons. The molecule has 0 saturated heterocycles. The van der Waals surface area contributed by atoms with E-state index in [2.05, 4.69) is 5.32 Å². The number of thioether (sulfide) groups is 1. The smallest absolute Gasteiger partial charge is 0.339 e. The summed E-state index contributed by atoms with van der Waals surface area (Å²) in [5.74, 6) is 1.59. The van der Waals surface area contributed by atoms with Gasteiger partial charge in [0.2, 0.25) is 5.91 Å². The highest BCUT2D eigenvalue weighted by Gasteiger charge is 2.51. The molecule has 8 heteroatoms. The molecule has 176 valence electrons. The van der Waals surface area contributed by atoms with Crippen molar-refractivity contribution in [3.63, 3.8) is 0 Å². The van der Waals surface area contributed by atoms with E-state index < -0.39 is 5.97 Å². The van der Waals surface area contributed by atoms with Crippen molar-refractivity contribution in [1.29, 1.82) is 5.26 Å². The van der Waals surface area contributed by atoms with Gasteiger partial charge in [-0.15, -0.1) is 11.8 Å². The Hall–Kier alpha value is -2.53. The Labute approximate surface area is 199 Å². The number of nitriles is 1. The van der Waals surface area contributed by atoms with E-state index in [9.17, 15) is 14.4 Å². The fourth-order valence-electron chi connectivity index (χ4n) is 6.16. The molecule has 0 aliphatic heterocycles. The number of amides is 2. The Kier molecular flexibility index (Phi) is 7.28. The van der Waals surface area contributed by atoms with Crippen LogP contribution in [-0.4, -0.2) is 54.2 Å². The summed E-state index contributed by atoms with van der Waals surface area (Å²) in [4.78, 5) is 39.5. The van der Waals surface area contributed by atoms with Crippen LogP contribution >= 0.6 is 11.8 Å². The first kappa shape index (κ1) is 23.6. The van der Waals surface area contributed by atoms with Gasteiger partial charge in [-0.25, -0.2) is 4.79 Å². The van der Waals surface area contributed by atoms with Crippen LogP contribution in [0.2, 0.25) is 0 Å². The normalized spacial score (nSPS) is 27.0. The predicted octanol–water partition coefficient (Wildman–Crippen LogP) is 3.39. The first-order chi connectivity index (χ1) is 15.9. The maximum atomic E-state index is 12.8. The van der Waals surface area contributed by atoms with Crippen LogP contribution in [0.15, 0.2) is 29.2 Å². The van der Waals surface area contributed by atoms with Gasteiger partial charge in [0.1, 0.15) is 0 Å². The lowest BCUT2D eigenvalue weighted by Gasteiger charge is -2.56. The van der Waals surface area contributed by atoms with Crippen molar-refractivity contribution in [2.45, 2.75) is 55.4 Å². The van der Waals surface area contributed by atoms with Crippen LogP contribution in [0, 0.1) is 29.1 Å². The second kappa shape index (κ2) is 10.2. The maximum absolute atomic E-state index is 12.8. The van der Waals surface area contributed by atoms with E-state index in [1.165, 1.54) is 35.9 Å². The first-order valence-electron chi connectivity index (χ1n) is 11.7. The Morgan fingerprint density at radius 3 is 2.42 bits per heavy atom. The summed E-state index contributed by atoms with van der Waals surface area (Å²) in [6.07, 6.45) is 7.53. The molecule has 4 aliphatic rings. The molecule has 4 fully saturated rings. The molecule has 5 rings (SSSR count). The fourth-order valence-corrected chi connectivity index (χ4v) is 7.00. The van der Waals surface area contributed by atoms with Crippen molar-refractivity contribution >= 4 is 29.5 Å². The molecule has 4 bridgehead atoms. The number of esters is 1. The van der Waals surface area contributed by atoms with Crippen molar-refractivity contribution < 1.29 is 19.1 Å². The van der Waals surface area contributed by atoms with E-state index in [4.69, 9.17) is 10.00 Å². The number of hydrogen-bond acceptors (Lipinski definition) is 6. The van der Waals surface area contributed by atoms with E-state index in [0.717, 1.165) is 37.0 Å². The maximum Gasteiger partial charge on any atom is 0.339 e. The van der Waals surface area contributed by atoms with Crippen molar-refractivity contribution in [2.24, 2.45) is 17.8 Å². The predicted molar refractivity (Wildman–Crippen MR) is 124 cm³/mol. The molecular formula is C25H31N3O4S. The second-order valence-electron chi connectivity index (χ2n) is 9.83. The van der Waals surface area contributed by atoms with Crippen LogP contribution in [0.5, 0.6) is 0 Å². The van der Waals surface area contributed by atoms with E-state index in [-0.39, 0.29) is 42.7 Å². The molecule has 0 unspecified atom stereocenters. The minimum Gasteiger partial charge on any atom is -0.452 e. The Balaban J connectivity index is 1.29. The summed E-state index contributed by atoms with van der Waals surface area (Å²) >= 11 is 1.32. The standard InChI is InChI=1S/C25H31N3O4S/c1-28(8-4-7-26)23(30)15-32-24(31)20-5-2-3-6-21(20)33-16-22(29)27-25-12-17-9-18(13-25)11-19(10-17)14-25/h2-3,5-6,17-19H,4,8-16H2,1H3,(H,27,29). The monoisotopic (exact) mass is 469 g/mol. The van der Waals surface area contributed by atoms with Gasteiger partial charge in [0, 0.05) is 24.0 Å². The highest BCUT2D eigenvalue weighted by Crippen LogP contribution is 2.55. The summed E-state index contributed by atoms with van der Waals surface area (Å²) < 4.78 is 5.20. The zero-order valence-electron chi connectivity index (χ0n) is 19.0. The Morgan fingerprint density at radius 1 is 1.15 bits per heavy atom. The third-order valence-corrected chi connectivity index (χ3v) is 8.29. The van der Waals surface area contributed by atoms with Gasteiger partial charge in [0.05, 0.1) is 23.8 Å². The largest absolute Gasteiger partial charge is 0.452 e. The number of ether oxygens (including phenoxy) is 1. The van der Waals surface area contributed by atoms with Crippen LogP contribution in [-0.2, 0) is 14.3 Å². The Morgan fingerprint density at radius 2 is 1.79 bits per heavy atom. The van der Waals surface area contributed by atoms with Crippen LogP contribution in [0.1, 0.15) is 55.3 Å². The number of benzene rings is 1. The lowest BCUT2D eigenvalue weighted by Crippen LogP contribution is -2.60. The van der Waals surface area contributed by atoms with E-state index in [0.29, 0.717) is 10.5 Å². The van der Waals surface area contributed by atoms with Crippen molar-refractivity contribution in [1.82, 2.24) is 10.2 Å². The minimum absolute atomic E-state index is 0.0133. The molecule has 1 aromatic rings. The van der Waals surface area contributed by atoms with Gasteiger partial charge < -0.3 is 15.0 Å². The minimum atomic E-state index is -0.596. The molecule has 2 amide bonds. The number of likely N-dealkylation sites (N-methyl/N-ethyl adjacent to an activating group) is 1. The van der Waals surface area contributed by atoms with Gasteiger partial charge in [0.25, 0.3) is 5.91 Å². The number of nitrogens with zero attached hydrogens (tertiary/aromatic N) is 2. The summed E-state index contributed by atoms with van der Waals surface area (Å²) in [5, 5.41) is 12.0. The van der Waals surface area contributed by atoms with Gasteiger partial charge in [-0.2, -0.15) is 5.26 Å². The summed E-state index contributed by atoms with van der Waals surface area (Å²) in [5.41, 5.74) is 0.320.